The monoisotopic (exact) mass is 402 g/mol. The Labute approximate surface area is 164 Å². The lowest BCUT2D eigenvalue weighted by Crippen LogP contribution is -2.23. The van der Waals surface area contributed by atoms with Gasteiger partial charge in [-0.2, -0.15) is 0 Å². The molecule has 5 nitrogen and oxygen atoms in total. The second-order valence-electron chi connectivity index (χ2n) is 6.73. The van der Waals surface area contributed by atoms with Gasteiger partial charge in [-0.15, -0.1) is 0 Å². The van der Waals surface area contributed by atoms with Crippen molar-refractivity contribution in [2.24, 2.45) is 0 Å². The SMILES string of the molecule is CCc1onc(C)c1CNC(c1ccc(F)cc1)c1cccc(S(C)(=O)=O)c1. The molecule has 1 aromatic heterocycles. The molecule has 0 aliphatic heterocycles. The first-order valence-corrected chi connectivity index (χ1v) is 10.9. The molecular formula is C21H23FN2O3S. The van der Waals surface area contributed by atoms with E-state index in [2.05, 4.69) is 10.5 Å². The standard InChI is InChI=1S/C21H23FN2O3S/c1-4-20-19(14(2)24-27-20)13-23-21(15-8-10-17(22)11-9-15)16-6-5-7-18(12-16)28(3,25)26/h5-12,21,23H,4,13H2,1-3H3. The fourth-order valence-corrected chi connectivity index (χ4v) is 3.83. The van der Waals surface area contributed by atoms with Gasteiger partial charge in [-0.25, -0.2) is 12.8 Å². The Kier molecular flexibility index (Phi) is 5.96. The summed E-state index contributed by atoms with van der Waals surface area (Å²) in [7, 11) is -3.34. The van der Waals surface area contributed by atoms with Crippen molar-refractivity contribution in [1.82, 2.24) is 10.5 Å². The number of benzene rings is 2. The number of halogens is 1. The van der Waals surface area contributed by atoms with E-state index < -0.39 is 9.84 Å². The van der Waals surface area contributed by atoms with Crippen LogP contribution in [0.2, 0.25) is 0 Å². The van der Waals surface area contributed by atoms with Crippen LogP contribution in [0.5, 0.6) is 0 Å². The first kappa shape index (κ1) is 20.2. The van der Waals surface area contributed by atoms with Crippen LogP contribution in [-0.2, 0) is 22.8 Å². The van der Waals surface area contributed by atoms with Crippen molar-refractivity contribution in [3.8, 4) is 0 Å². The molecule has 0 saturated heterocycles. The fraction of sp³-hybridized carbons (Fsp3) is 0.286. The summed E-state index contributed by atoms with van der Waals surface area (Å²) in [6.45, 7) is 4.37. The molecule has 28 heavy (non-hydrogen) atoms. The second-order valence-corrected chi connectivity index (χ2v) is 8.75. The van der Waals surface area contributed by atoms with Gasteiger partial charge in [0.2, 0.25) is 0 Å². The zero-order chi connectivity index (χ0) is 20.3. The summed E-state index contributed by atoms with van der Waals surface area (Å²) in [6, 6.07) is 12.7. The number of aryl methyl sites for hydroxylation is 2. The van der Waals surface area contributed by atoms with Gasteiger partial charge in [0.1, 0.15) is 11.6 Å². The van der Waals surface area contributed by atoms with Gasteiger partial charge in [-0.1, -0.05) is 36.3 Å². The van der Waals surface area contributed by atoms with Crippen LogP contribution in [0, 0.1) is 12.7 Å². The Hall–Kier alpha value is -2.51. The lowest BCUT2D eigenvalue weighted by Gasteiger charge is -2.21. The van der Waals surface area contributed by atoms with Crippen molar-refractivity contribution in [3.05, 3.63) is 82.5 Å². The maximum atomic E-state index is 13.4. The third-order valence-electron chi connectivity index (χ3n) is 4.69. The third kappa shape index (κ3) is 4.48. The number of aromatic nitrogens is 1. The Morgan fingerprint density at radius 1 is 1.14 bits per heavy atom. The first-order valence-electron chi connectivity index (χ1n) is 9.02. The van der Waals surface area contributed by atoms with Crippen LogP contribution >= 0.6 is 0 Å². The van der Waals surface area contributed by atoms with Crippen molar-refractivity contribution >= 4 is 9.84 Å². The molecule has 0 amide bonds. The highest BCUT2D eigenvalue weighted by Crippen LogP contribution is 2.26. The highest BCUT2D eigenvalue weighted by Gasteiger charge is 2.19. The topological polar surface area (TPSA) is 72.2 Å². The quantitative estimate of drug-likeness (QED) is 0.647. The lowest BCUT2D eigenvalue weighted by atomic mass is 9.98. The summed E-state index contributed by atoms with van der Waals surface area (Å²) in [5.74, 6) is 0.489. The molecule has 1 unspecified atom stereocenters. The van der Waals surface area contributed by atoms with Gasteiger partial charge in [0, 0.05) is 24.8 Å². The van der Waals surface area contributed by atoms with Crippen LogP contribution in [0.1, 0.15) is 41.1 Å². The van der Waals surface area contributed by atoms with E-state index in [1.807, 2.05) is 19.9 Å². The average Bonchev–Trinajstić information content (AvgIpc) is 3.03. The molecule has 0 bridgehead atoms. The molecule has 0 saturated carbocycles. The summed E-state index contributed by atoms with van der Waals surface area (Å²) in [6.07, 6.45) is 1.91. The number of hydrogen-bond acceptors (Lipinski definition) is 5. The summed E-state index contributed by atoms with van der Waals surface area (Å²) in [5, 5.41) is 7.48. The molecule has 0 aliphatic rings. The molecular weight excluding hydrogens is 379 g/mol. The van der Waals surface area contributed by atoms with E-state index in [1.165, 1.54) is 18.4 Å². The lowest BCUT2D eigenvalue weighted by molar-refractivity contribution is 0.381. The molecule has 0 fully saturated rings. The van der Waals surface area contributed by atoms with Crippen molar-refractivity contribution in [3.63, 3.8) is 0 Å². The van der Waals surface area contributed by atoms with Crippen molar-refractivity contribution in [1.29, 1.82) is 0 Å². The van der Waals surface area contributed by atoms with E-state index >= 15 is 0 Å². The van der Waals surface area contributed by atoms with Crippen LogP contribution in [0.3, 0.4) is 0 Å². The molecule has 0 aliphatic carbocycles. The molecule has 2 aromatic carbocycles. The van der Waals surface area contributed by atoms with Crippen molar-refractivity contribution in [2.45, 2.75) is 37.8 Å². The molecule has 148 valence electrons. The summed E-state index contributed by atoms with van der Waals surface area (Å²) < 4.78 is 42.7. The van der Waals surface area contributed by atoms with Crippen LogP contribution in [0.15, 0.2) is 57.9 Å². The maximum absolute atomic E-state index is 13.4. The van der Waals surface area contributed by atoms with Gasteiger partial charge in [0.05, 0.1) is 16.6 Å². The number of hydrogen-bond donors (Lipinski definition) is 1. The van der Waals surface area contributed by atoms with E-state index in [0.717, 1.165) is 34.6 Å². The van der Waals surface area contributed by atoms with Gasteiger partial charge in [-0.05, 0) is 42.3 Å². The number of sulfone groups is 1. The van der Waals surface area contributed by atoms with E-state index in [-0.39, 0.29) is 16.8 Å². The molecule has 0 spiro atoms. The molecule has 7 heteroatoms. The van der Waals surface area contributed by atoms with Gasteiger partial charge in [0.25, 0.3) is 0 Å². The molecule has 3 rings (SSSR count). The number of nitrogens with one attached hydrogen (secondary N) is 1. The molecule has 0 radical (unpaired) electrons. The van der Waals surface area contributed by atoms with Crippen LogP contribution < -0.4 is 5.32 Å². The highest BCUT2D eigenvalue weighted by atomic mass is 32.2. The molecule has 3 aromatic rings. The highest BCUT2D eigenvalue weighted by molar-refractivity contribution is 7.90. The third-order valence-corrected chi connectivity index (χ3v) is 5.80. The van der Waals surface area contributed by atoms with Gasteiger partial charge in [-0.3, -0.25) is 0 Å². The minimum atomic E-state index is -3.34. The molecule has 1 heterocycles. The summed E-state index contributed by atoms with van der Waals surface area (Å²) in [5.41, 5.74) is 3.40. The van der Waals surface area contributed by atoms with E-state index in [0.29, 0.717) is 6.54 Å². The zero-order valence-electron chi connectivity index (χ0n) is 16.1. The summed E-state index contributed by atoms with van der Waals surface area (Å²) in [4.78, 5) is 0.245. The normalized spacial score (nSPS) is 12.9. The number of rotatable bonds is 7. The number of nitrogens with zero attached hydrogens (tertiary/aromatic N) is 1. The zero-order valence-corrected chi connectivity index (χ0v) is 16.9. The Balaban J connectivity index is 1.98. The first-order chi connectivity index (χ1) is 13.3. The smallest absolute Gasteiger partial charge is 0.175 e. The van der Waals surface area contributed by atoms with Gasteiger partial charge in [0.15, 0.2) is 9.84 Å². The molecule has 1 N–H and O–H groups in total. The fourth-order valence-electron chi connectivity index (χ4n) is 3.15. The van der Waals surface area contributed by atoms with Crippen LogP contribution in [-0.4, -0.2) is 19.8 Å². The Morgan fingerprint density at radius 2 is 1.86 bits per heavy atom. The Morgan fingerprint density at radius 3 is 2.50 bits per heavy atom. The molecule has 1 atom stereocenters. The predicted octanol–water partition coefficient (Wildman–Crippen LogP) is 3.97. The Bertz CT molecular complexity index is 1060. The van der Waals surface area contributed by atoms with Crippen LogP contribution in [0.4, 0.5) is 4.39 Å². The van der Waals surface area contributed by atoms with Crippen LogP contribution in [0.25, 0.3) is 0 Å². The van der Waals surface area contributed by atoms with Gasteiger partial charge < -0.3 is 9.84 Å². The summed E-state index contributed by atoms with van der Waals surface area (Å²) >= 11 is 0. The average molecular weight is 402 g/mol. The van der Waals surface area contributed by atoms with Crippen molar-refractivity contribution < 1.29 is 17.3 Å². The van der Waals surface area contributed by atoms with Crippen molar-refractivity contribution in [2.75, 3.05) is 6.26 Å². The maximum Gasteiger partial charge on any atom is 0.175 e. The minimum absolute atomic E-state index is 0.245. The van der Waals surface area contributed by atoms with E-state index in [1.54, 1.807) is 30.3 Å². The van der Waals surface area contributed by atoms with E-state index in [9.17, 15) is 12.8 Å². The van der Waals surface area contributed by atoms with E-state index in [4.69, 9.17) is 4.52 Å². The second kappa shape index (κ2) is 8.24. The largest absolute Gasteiger partial charge is 0.361 e. The predicted molar refractivity (Wildman–Crippen MR) is 105 cm³/mol. The van der Waals surface area contributed by atoms with Gasteiger partial charge >= 0.3 is 0 Å². The minimum Gasteiger partial charge on any atom is -0.361 e.